The Hall–Kier alpha value is -3.01. The van der Waals surface area contributed by atoms with Crippen molar-refractivity contribution in [3.8, 4) is 17.3 Å². The van der Waals surface area contributed by atoms with Gasteiger partial charge in [-0.3, -0.25) is 0 Å². The third-order valence-electron chi connectivity index (χ3n) is 4.56. The number of fused-ring (bicyclic) bond motifs is 3. The summed E-state index contributed by atoms with van der Waals surface area (Å²) in [7, 11) is 0. The molecule has 3 aromatic carbocycles. The molecule has 0 aliphatic heterocycles. The molecule has 4 heteroatoms. The summed E-state index contributed by atoms with van der Waals surface area (Å²) < 4.78 is 7.90. The summed E-state index contributed by atoms with van der Waals surface area (Å²) in [5.41, 5.74) is 1.91. The van der Waals surface area contributed by atoms with Gasteiger partial charge in [-0.25, -0.2) is 4.68 Å². The average molecular weight is 346 g/mol. The van der Waals surface area contributed by atoms with E-state index >= 15 is 0 Å². The van der Waals surface area contributed by atoms with E-state index in [1.54, 1.807) is 6.07 Å². The molecule has 0 aliphatic carbocycles. The number of phenolic OH excluding ortho intramolecular Hbond substituents is 1. The van der Waals surface area contributed by atoms with E-state index in [1.165, 1.54) is 0 Å². The molecule has 0 saturated heterocycles. The quantitative estimate of drug-likeness (QED) is 0.533. The highest BCUT2D eigenvalue weighted by molar-refractivity contribution is 6.10. The SMILES string of the molecule is CC(C)CCOc1nn(-c2ccccc2)c2c1cc(O)c1ccccc12. The molecule has 132 valence electrons. The van der Waals surface area contributed by atoms with Gasteiger partial charge >= 0.3 is 0 Å². The summed E-state index contributed by atoms with van der Waals surface area (Å²) >= 11 is 0. The van der Waals surface area contributed by atoms with Crippen molar-refractivity contribution < 1.29 is 9.84 Å². The molecule has 1 aromatic heterocycles. The molecule has 0 atom stereocenters. The minimum atomic E-state index is 0.245. The topological polar surface area (TPSA) is 47.3 Å². The Morgan fingerprint density at radius 3 is 2.38 bits per heavy atom. The number of hydrogen-bond donors (Lipinski definition) is 1. The predicted molar refractivity (Wildman–Crippen MR) is 105 cm³/mol. The van der Waals surface area contributed by atoms with E-state index in [9.17, 15) is 5.11 Å². The maximum Gasteiger partial charge on any atom is 0.241 e. The number of ether oxygens (including phenoxy) is 1. The first kappa shape index (κ1) is 16.5. The zero-order chi connectivity index (χ0) is 18.1. The van der Waals surface area contributed by atoms with Crippen LogP contribution in [0.2, 0.25) is 0 Å². The van der Waals surface area contributed by atoms with Gasteiger partial charge in [0.1, 0.15) is 5.75 Å². The highest BCUT2D eigenvalue weighted by Crippen LogP contribution is 2.38. The molecule has 1 heterocycles. The first-order valence-corrected chi connectivity index (χ1v) is 8.97. The summed E-state index contributed by atoms with van der Waals surface area (Å²) in [4.78, 5) is 0. The number of aromatic hydroxyl groups is 1. The van der Waals surface area contributed by atoms with Crippen molar-refractivity contribution in [3.63, 3.8) is 0 Å². The van der Waals surface area contributed by atoms with E-state index in [0.29, 0.717) is 18.4 Å². The minimum absolute atomic E-state index is 0.245. The summed E-state index contributed by atoms with van der Waals surface area (Å²) in [6.45, 7) is 4.94. The molecule has 0 saturated carbocycles. The zero-order valence-electron chi connectivity index (χ0n) is 15.0. The molecule has 0 fully saturated rings. The molecule has 4 aromatic rings. The fraction of sp³-hybridized carbons (Fsp3) is 0.227. The Balaban J connectivity index is 1.96. The predicted octanol–water partition coefficient (Wildman–Crippen LogP) is 5.31. The molecular weight excluding hydrogens is 324 g/mol. The molecular formula is C22H22N2O2. The highest BCUT2D eigenvalue weighted by Gasteiger charge is 2.18. The monoisotopic (exact) mass is 346 g/mol. The molecule has 0 unspecified atom stereocenters. The van der Waals surface area contributed by atoms with Crippen LogP contribution in [0.25, 0.3) is 27.4 Å². The maximum absolute atomic E-state index is 10.5. The first-order valence-electron chi connectivity index (χ1n) is 8.97. The van der Waals surface area contributed by atoms with Crippen molar-refractivity contribution in [2.45, 2.75) is 20.3 Å². The number of nitrogens with zero attached hydrogens (tertiary/aromatic N) is 2. The van der Waals surface area contributed by atoms with Crippen LogP contribution in [0.5, 0.6) is 11.6 Å². The van der Waals surface area contributed by atoms with Crippen molar-refractivity contribution in [2.75, 3.05) is 6.61 Å². The fourth-order valence-electron chi connectivity index (χ4n) is 3.18. The van der Waals surface area contributed by atoms with Crippen molar-refractivity contribution in [2.24, 2.45) is 5.92 Å². The van der Waals surface area contributed by atoms with Gasteiger partial charge in [-0.2, -0.15) is 0 Å². The van der Waals surface area contributed by atoms with Crippen LogP contribution < -0.4 is 4.74 Å². The Kier molecular flexibility index (Phi) is 4.25. The van der Waals surface area contributed by atoms with E-state index in [0.717, 1.165) is 33.8 Å². The molecule has 0 spiro atoms. The normalized spacial score (nSPS) is 11.5. The number of hydrogen-bond acceptors (Lipinski definition) is 3. The van der Waals surface area contributed by atoms with Gasteiger partial charge in [0.15, 0.2) is 0 Å². The largest absolute Gasteiger partial charge is 0.507 e. The van der Waals surface area contributed by atoms with Crippen LogP contribution >= 0.6 is 0 Å². The summed E-state index contributed by atoms with van der Waals surface area (Å²) in [5, 5.41) is 17.8. The molecule has 1 N–H and O–H groups in total. The fourth-order valence-corrected chi connectivity index (χ4v) is 3.18. The van der Waals surface area contributed by atoms with Gasteiger partial charge < -0.3 is 9.84 Å². The Morgan fingerprint density at radius 1 is 0.962 bits per heavy atom. The lowest BCUT2D eigenvalue weighted by atomic mass is 10.1. The molecule has 26 heavy (non-hydrogen) atoms. The minimum Gasteiger partial charge on any atom is -0.507 e. The lowest BCUT2D eigenvalue weighted by Gasteiger charge is -2.07. The lowest BCUT2D eigenvalue weighted by molar-refractivity contribution is 0.280. The second-order valence-electron chi connectivity index (χ2n) is 6.92. The van der Waals surface area contributed by atoms with Crippen molar-refractivity contribution in [1.29, 1.82) is 0 Å². The van der Waals surface area contributed by atoms with Gasteiger partial charge in [0.05, 0.1) is 23.2 Å². The maximum atomic E-state index is 10.5. The van der Waals surface area contributed by atoms with Crippen LogP contribution in [0.4, 0.5) is 0 Å². The summed E-state index contributed by atoms with van der Waals surface area (Å²) in [6, 6.07) is 19.6. The second kappa shape index (κ2) is 6.71. The molecule has 4 nitrogen and oxygen atoms in total. The van der Waals surface area contributed by atoms with Gasteiger partial charge in [0, 0.05) is 10.8 Å². The Labute approximate surface area is 152 Å². The van der Waals surface area contributed by atoms with Crippen LogP contribution in [0, 0.1) is 5.92 Å². The number of para-hydroxylation sites is 1. The van der Waals surface area contributed by atoms with Gasteiger partial charge in [-0.1, -0.05) is 56.3 Å². The number of benzene rings is 3. The standard InChI is InChI=1S/C22H22N2O2/c1-15(2)12-13-26-22-19-14-20(25)17-10-6-7-11-18(17)21(19)24(23-22)16-8-4-3-5-9-16/h3-11,14-15,25H,12-13H2,1-2H3. The average Bonchev–Trinajstić information content (AvgIpc) is 3.01. The van der Waals surface area contributed by atoms with Crippen LogP contribution in [-0.2, 0) is 0 Å². The Bertz CT molecular complexity index is 1050. The smallest absolute Gasteiger partial charge is 0.241 e. The van der Waals surface area contributed by atoms with Crippen molar-refractivity contribution in [3.05, 3.63) is 60.7 Å². The third kappa shape index (κ3) is 2.88. The number of aromatic nitrogens is 2. The highest BCUT2D eigenvalue weighted by atomic mass is 16.5. The number of phenols is 1. The van der Waals surface area contributed by atoms with E-state index in [4.69, 9.17) is 9.84 Å². The van der Waals surface area contributed by atoms with Gasteiger partial charge in [-0.05, 0) is 30.5 Å². The Morgan fingerprint density at radius 2 is 1.65 bits per heavy atom. The lowest BCUT2D eigenvalue weighted by Crippen LogP contribution is -2.02. The van der Waals surface area contributed by atoms with Gasteiger partial charge in [0.25, 0.3) is 0 Å². The third-order valence-corrected chi connectivity index (χ3v) is 4.56. The van der Waals surface area contributed by atoms with E-state index in [2.05, 4.69) is 13.8 Å². The zero-order valence-corrected chi connectivity index (χ0v) is 15.0. The van der Waals surface area contributed by atoms with E-state index in [1.807, 2.05) is 59.3 Å². The van der Waals surface area contributed by atoms with E-state index in [-0.39, 0.29) is 5.75 Å². The molecule has 0 bridgehead atoms. The molecule has 0 aliphatic rings. The first-order chi connectivity index (χ1) is 12.6. The number of rotatable bonds is 5. The van der Waals surface area contributed by atoms with E-state index < -0.39 is 0 Å². The molecule has 0 radical (unpaired) electrons. The van der Waals surface area contributed by atoms with Crippen LogP contribution in [0.3, 0.4) is 0 Å². The van der Waals surface area contributed by atoms with Crippen LogP contribution in [-0.4, -0.2) is 21.5 Å². The second-order valence-corrected chi connectivity index (χ2v) is 6.92. The molecule has 4 rings (SSSR count). The van der Waals surface area contributed by atoms with Crippen LogP contribution in [0.1, 0.15) is 20.3 Å². The van der Waals surface area contributed by atoms with Crippen molar-refractivity contribution in [1.82, 2.24) is 9.78 Å². The van der Waals surface area contributed by atoms with Gasteiger partial charge in [-0.15, -0.1) is 5.10 Å². The van der Waals surface area contributed by atoms with Crippen molar-refractivity contribution >= 4 is 21.7 Å². The summed E-state index contributed by atoms with van der Waals surface area (Å²) in [6.07, 6.45) is 0.958. The summed E-state index contributed by atoms with van der Waals surface area (Å²) in [5.74, 6) is 1.37. The van der Waals surface area contributed by atoms with Crippen LogP contribution in [0.15, 0.2) is 60.7 Å². The molecule has 0 amide bonds. The van der Waals surface area contributed by atoms with Gasteiger partial charge in [0.2, 0.25) is 5.88 Å².